The summed E-state index contributed by atoms with van der Waals surface area (Å²) in [5, 5.41) is 0. The van der Waals surface area contributed by atoms with Crippen LogP contribution in [0.25, 0.3) is 0 Å². The zero-order chi connectivity index (χ0) is 21.1. The summed E-state index contributed by atoms with van der Waals surface area (Å²) >= 11 is 0. The second-order valence-corrected chi connectivity index (χ2v) is 7.03. The molecule has 1 atom stereocenters. The van der Waals surface area contributed by atoms with Crippen LogP contribution in [0.4, 0.5) is 0 Å². The van der Waals surface area contributed by atoms with Gasteiger partial charge in [-0.25, -0.2) is 0 Å². The van der Waals surface area contributed by atoms with Crippen molar-refractivity contribution in [2.45, 2.75) is 13.5 Å². The molecule has 0 spiro atoms. The second-order valence-electron chi connectivity index (χ2n) is 7.03. The van der Waals surface area contributed by atoms with Crippen LogP contribution in [0.15, 0.2) is 48.5 Å². The van der Waals surface area contributed by atoms with E-state index in [2.05, 4.69) is 0 Å². The van der Waals surface area contributed by atoms with Crippen LogP contribution in [0.3, 0.4) is 0 Å². The molecule has 0 aromatic heterocycles. The van der Waals surface area contributed by atoms with Gasteiger partial charge in [-0.1, -0.05) is 37.3 Å². The van der Waals surface area contributed by atoms with Crippen LogP contribution in [0.5, 0.6) is 0 Å². The zero-order valence-electron chi connectivity index (χ0n) is 16.5. The van der Waals surface area contributed by atoms with E-state index in [0.29, 0.717) is 6.54 Å². The van der Waals surface area contributed by atoms with Gasteiger partial charge in [0.05, 0.1) is 24.2 Å². The third kappa shape index (κ3) is 4.03. The minimum atomic E-state index is -0.517. The van der Waals surface area contributed by atoms with Gasteiger partial charge in [-0.3, -0.25) is 24.1 Å². The number of hydrogen-bond acceptors (Lipinski definition) is 5. The fourth-order valence-electron chi connectivity index (χ4n) is 3.31. The van der Waals surface area contributed by atoms with E-state index < -0.39 is 17.8 Å². The number of hydrogen-bond donors (Lipinski definition) is 0. The first-order chi connectivity index (χ1) is 13.8. The molecule has 3 amide bonds. The quantitative estimate of drug-likeness (QED) is 0.555. The van der Waals surface area contributed by atoms with E-state index in [4.69, 9.17) is 4.74 Å². The number of benzene rings is 2. The first kappa shape index (κ1) is 20.3. The van der Waals surface area contributed by atoms with E-state index in [-0.39, 0.29) is 35.0 Å². The van der Waals surface area contributed by atoms with E-state index >= 15 is 0 Å². The Balaban J connectivity index is 1.91. The van der Waals surface area contributed by atoms with Gasteiger partial charge in [0, 0.05) is 25.7 Å². The van der Waals surface area contributed by atoms with E-state index in [1.54, 1.807) is 11.8 Å². The molecule has 0 bridgehead atoms. The molecule has 1 aliphatic rings. The third-order valence-corrected chi connectivity index (χ3v) is 4.94. The molecule has 29 heavy (non-hydrogen) atoms. The summed E-state index contributed by atoms with van der Waals surface area (Å²) in [6, 6.07) is 13.9. The first-order valence-corrected chi connectivity index (χ1v) is 9.21. The lowest BCUT2D eigenvalue weighted by Gasteiger charge is -2.25. The molecule has 1 heterocycles. The molecule has 0 radical (unpaired) electrons. The Bertz CT molecular complexity index is 970. The van der Waals surface area contributed by atoms with Crippen LogP contribution in [-0.2, 0) is 16.1 Å². The average Bonchev–Trinajstić information content (AvgIpc) is 2.96. The summed E-state index contributed by atoms with van der Waals surface area (Å²) in [6.45, 7) is 2.14. The number of esters is 1. The molecule has 1 unspecified atom stereocenters. The molecule has 3 rings (SSSR count). The molecule has 0 N–H and O–H groups in total. The summed E-state index contributed by atoms with van der Waals surface area (Å²) in [7, 11) is 2.72. The van der Waals surface area contributed by atoms with E-state index in [0.717, 1.165) is 10.5 Å². The van der Waals surface area contributed by atoms with Gasteiger partial charge in [0.2, 0.25) is 0 Å². The Morgan fingerprint density at radius 3 is 2.34 bits per heavy atom. The molecule has 2 aromatic rings. The van der Waals surface area contributed by atoms with Gasteiger partial charge >= 0.3 is 5.97 Å². The Hall–Kier alpha value is -3.48. The smallest absolute Gasteiger partial charge is 0.310 e. The largest absolute Gasteiger partial charge is 0.469 e. The monoisotopic (exact) mass is 394 g/mol. The fourth-order valence-corrected chi connectivity index (χ4v) is 3.31. The Labute approximate surface area is 168 Å². The van der Waals surface area contributed by atoms with Gasteiger partial charge in [-0.15, -0.1) is 0 Å². The maximum atomic E-state index is 13.2. The van der Waals surface area contributed by atoms with Crippen molar-refractivity contribution in [1.82, 2.24) is 9.80 Å². The highest BCUT2D eigenvalue weighted by Crippen LogP contribution is 2.24. The molecule has 0 saturated carbocycles. The van der Waals surface area contributed by atoms with Crippen molar-refractivity contribution in [1.29, 1.82) is 0 Å². The summed E-state index contributed by atoms with van der Waals surface area (Å²) < 4.78 is 4.78. The summed E-state index contributed by atoms with van der Waals surface area (Å²) in [6.07, 6.45) is 0. The molecule has 0 saturated heterocycles. The van der Waals surface area contributed by atoms with E-state index in [1.807, 2.05) is 30.3 Å². The Kier molecular flexibility index (Phi) is 5.77. The normalized spacial score (nSPS) is 13.8. The summed E-state index contributed by atoms with van der Waals surface area (Å²) in [5.74, 6) is -2.08. The van der Waals surface area contributed by atoms with Crippen LogP contribution in [0.1, 0.15) is 43.6 Å². The Morgan fingerprint density at radius 1 is 1.03 bits per heavy atom. The third-order valence-electron chi connectivity index (χ3n) is 4.94. The SMILES string of the molecule is COC(=O)C(C)CN(Cc1ccccc1)C(=O)c1ccc2c(c1)C(=O)N(C)C2=O. The highest BCUT2D eigenvalue weighted by atomic mass is 16.5. The molecular weight excluding hydrogens is 372 g/mol. The lowest BCUT2D eigenvalue weighted by atomic mass is 10.0. The highest BCUT2D eigenvalue weighted by molar-refractivity contribution is 6.21. The van der Waals surface area contributed by atoms with Crippen molar-refractivity contribution >= 4 is 23.7 Å². The van der Waals surface area contributed by atoms with Crippen LogP contribution in [0, 0.1) is 5.92 Å². The van der Waals surface area contributed by atoms with Gasteiger partial charge in [0.1, 0.15) is 0 Å². The number of amides is 3. The van der Waals surface area contributed by atoms with Crippen molar-refractivity contribution in [3.63, 3.8) is 0 Å². The predicted octanol–water partition coefficient (Wildman–Crippen LogP) is 2.36. The van der Waals surface area contributed by atoms with Gasteiger partial charge in [0.15, 0.2) is 0 Å². The highest BCUT2D eigenvalue weighted by Gasteiger charge is 2.34. The second kappa shape index (κ2) is 8.26. The number of nitrogens with zero attached hydrogens (tertiary/aromatic N) is 2. The van der Waals surface area contributed by atoms with Gasteiger partial charge < -0.3 is 9.64 Å². The molecule has 2 aromatic carbocycles. The summed E-state index contributed by atoms with van der Waals surface area (Å²) in [5.41, 5.74) is 1.69. The van der Waals surface area contributed by atoms with Crippen molar-refractivity contribution in [2.24, 2.45) is 5.92 Å². The Morgan fingerprint density at radius 2 is 1.69 bits per heavy atom. The molecule has 150 valence electrons. The average molecular weight is 394 g/mol. The van der Waals surface area contributed by atoms with Crippen LogP contribution >= 0.6 is 0 Å². The number of fused-ring (bicyclic) bond motifs is 1. The van der Waals surface area contributed by atoms with Gasteiger partial charge in [-0.05, 0) is 23.8 Å². The lowest BCUT2D eigenvalue weighted by Crippen LogP contribution is -2.37. The number of carbonyl (C=O) groups is 4. The molecular formula is C22H22N2O5. The minimum Gasteiger partial charge on any atom is -0.469 e. The number of carbonyl (C=O) groups excluding carboxylic acids is 4. The maximum absolute atomic E-state index is 13.2. The topological polar surface area (TPSA) is 84.0 Å². The van der Waals surface area contributed by atoms with Crippen molar-refractivity contribution < 1.29 is 23.9 Å². The van der Waals surface area contributed by atoms with E-state index in [1.165, 1.54) is 32.4 Å². The minimum absolute atomic E-state index is 0.157. The van der Waals surface area contributed by atoms with E-state index in [9.17, 15) is 19.2 Å². The number of ether oxygens (including phenoxy) is 1. The maximum Gasteiger partial charge on any atom is 0.310 e. The van der Waals surface area contributed by atoms with Gasteiger partial charge in [0.25, 0.3) is 17.7 Å². The molecule has 0 fully saturated rings. The molecule has 0 aliphatic carbocycles. The number of methoxy groups -OCH3 is 1. The zero-order valence-corrected chi connectivity index (χ0v) is 16.5. The lowest BCUT2D eigenvalue weighted by molar-refractivity contribution is -0.145. The molecule has 1 aliphatic heterocycles. The van der Waals surface area contributed by atoms with Crippen LogP contribution in [0.2, 0.25) is 0 Å². The summed E-state index contributed by atoms with van der Waals surface area (Å²) in [4.78, 5) is 52.0. The molecule has 7 heteroatoms. The van der Waals surface area contributed by atoms with Crippen LogP contribution in [-0.4, -0.2) is 54.2 Å². The van der Waals surface area contributed by atoms with Gasteiger partial charge in [-0.2, -0.15) is 0 Å². The van der Waals surface area contributed by atoms with Crippen LogP contribution < -0.4 is 0 Å². The van der Waals surface area contributed by atoms with Crippen molar-refractivity contribution in [3.8, 4) is 0 Å². The fraction of sp³-hybridized carbons (Fsp3) is 0.273. The molecule has 7 nitrogen and oxygen atoms in total. The standard InChI is InChI=1S/C22H22N2O5/c1-14(22(28)29-3)12-24(13-15-7-5-4-6-8-15)19(25)16-9-10-17-18(11-16)21(27)23(2)20(17)26/h4-11,14H,12-13H2,1-3H3. The number of rotatable bonds is 6. The van der Waals surface area contributed by atoms with Crippen molar-refractivity contribution in [2.75, 3.05) is 20.7 Å². The number of imide groups is 1. The van der Waals surface area contributed by atoms with Crippen molar-refractivity contribution in [3.05, 3.63) is 70.8 Å². The first-order valence-electron chi connectivity index (χ1n) is 9.21. The predicted molar refractivity (Wildman–Crippen MR) is 105 cm³/mol.